The van der Waals surface area contributed by atoms with Crippen molar-refractivity contribution in [2.45, 2.75) is 13.3 Å². The van der Waals surface area contributed by atoms with E-state index in [9.17, 15) is 4.79 Å². The second kappa shape index (κ2) is 7.25. The fourth-order valence-electron chi connectivity index (χ4n) is 1.69. The zero-order valence-corrected chi connectivity index (χ0v) is 12.9. The highest BCUT2D eigenvalue weighted by Gasteiger charge is 2.10. The highest BCUT2D eigenvalue weighted by atomic mass is 32.1. The molecule has 5 heteroatoms. The van der Waals surface area contributed by atoms with Crippen molar-refractivity contribution in [3.63, 3.8) is 0 Å². The number of amides is 1. The fourth-order valence-corrected chi connectivity index (χ4v) is 3.36. The Kier molecular flexibility index (Phi) is 5.36. The van der Waals surface area contributed by atoms with Crippen molar-refractivity contribution in [3.05, 3.63) is 43.8 Å². The van der Waals surface area contributed by atoms with Crippen LogP contribution in [0, 0.1) is 18.8 Å². The summed E-state index contributed by atoms with van der Waals surface area (Å²) in [6, 6.07) is 3.96. The smallest absolute Gasteiger partial charge is 0.261 e. The van der Waals surface area contributed by atoms with Crippen molar-refractivity contribution in [1.29, 1.82) is 0 Å². The van der Waals surface area contributed by atoms with Crippen LogP contribution in [0.25, 0.3) is 0 Å². The normalized spacial score (nSPS) is 9.90. The lowest BCUT2D eigenvalue weighted by atomic mass is 10.2. The number of carbonyl (C=O) groups excluding carboxylic acids is 1. The maximum absolute atomic E-state index is 12.0. The molecule has 0 bridgehead atoms. The molecule has 0 saturated heterocycles. The Morgan fingerprint density at radius 2 is 2.35 bits per heavy atom. The van der Waals surface area contributed by atoms with Crippen LogP contribution in [0.4, 0.5) is 0 Å². The van der Waals surface area contributed by atoms with Crippen LogP contribution in [-0.4, -0.2) is 19.0 Å². The van der Waals surface area contributed by atoms with Gasteiger partial charge in [0.1, 0.15) is 0 Å². The summed E-state index contributed by atoms with van der Waals surface area (Å²) in [7, 11) is 0. The first kappa shape index (κ1) is 14.8. The number of hydrogen-bond acceptors (Lipinski definition) is 4. The molecule has 0 radical (unpaired) electrons. The number of nitrogens with two attached hydrogens (primary N) is 1. The van der Waals surface area contributed by atoms with E-state index in [2.05, 4.69) is 28.6 Å². The number of aryl methyl sites for hydroxylation is 1. The van der Waals surface area contributed by atoms with E-state index in [1.165, 1.54) is 16.9 Å². The van der Waals surface area contributed by atoms with Crippen LogP contribution in [0.3, 0.4) is 0 Å². The first-order chi connectivity index (χ1) is 9.70. The maximum Gasteiger partial charge on any atom is 0.261 e. The summed E-state index contributed by atoms with van der Waals surface area (Å²) in [6.07, 6.45) is 0.861. The molecule has 0 aliphatic carbocycles. The Morgan fingerprint density at radius 3 is 3.05 bits per heavy atom. The van der Waals surface area contributed by atoms with Crippen LogP contribution in [0.2, 0.25) is 0 Å². The molecule has 3 N–H and O–H groups in total. The monoisotopic (exact) mass is 304 g/mol. The number of rotatable bonds is 4. The Bertz CT molecular complexity index is 633. The van der Waals surface area contributed by atoms with E-state index in [1.54, 1.807) is 11.3 Å². The second-order valence-corrected chi connectivity index (χ2v) is 6.10. The van der Waals surface area contributed by atoms with E-state index in [0.29, 0.717) is 18.0 Å². The molecular formula is C15H16N2OS2. The van der Waals surface area contributed by atoms with Crippen molar-refractivity contribution in [2.24, 2.45) is 5.73 Å². The first-order valence-electron chi connectivity index (χ1n) is 6.29. The lowest BCUT2D eigenvalue weighted by Crippen LogP contribution is -2.24. The van der Waals surface area contributed by atoms with Crippen molar-refractivity contribution in [1.82, 2.24) is 5.32 Å². The molecule has 0 fully saturated rings. The van der Waals surface area contributed by atoms with E-state index in [0.717, 1.165) is 16.9 Å². The molecule has 3 nitrogen and oxygen atoms in total. The molecule has 1 amide bonds. The molecule has 2 rings (SSSR count). The molecule has 2 aromatic rings. The summed E-state index contributed by atoms with van der Waals surface area (Å²) in [5, 5.41) is 7.08. The van der Waals surface area contributed by atoms with E-state index < -0.39 is 0 Å². The van der Waals surface area contributed by atoms with Crippen LogP contribution in [0.1, 0.15) is 25.7 Å². The minimum Gasteiger partial charge on any atom is -0.351 e. The molecule has 20 heavy (non-hydrogen) atoms. The first-order valence-corrected chi connectivity index (χ1v) is 8.05. The molecule has 0 unspecified atom stereocenters. The highest BCUT2D eigenvalue weighted by molar-refractivity contribution is 7.14. The van der Waals surface area contributed by atoms with Gasteiger partial charge in [-0.25, -0.2) is 0 Å². The summed E-state index contributed by atoms with van der Waals surface area (Å²) in [6.45, 7) is 2.94. The van der Waals surface area contributed by atoms with Gasteiger partial charge in [0, 0.05) is 6.54 Å². The molecule has 0 spiro atoms. The van der Waals surface area contributed by atoms with Gasteiger partial charge in [0.05, 0.1) is 16.3 Å². The zero-order chi connectivity index (χ0) is 14.4. The van der Waals surface area contributed by atoms with Crippen LogP contribution < -0.4 is 11.1 Å². The highest BCUT2D eigenvalue weighted by Crippen LogP contribution is 2.20. The summed E-state index contributed by atoms with van der Waals surface area (Å²) >= 11 is 3.09. The van der Waals surface area contributed by atoms with Crippen LogP contribution in [0.15, 0.2) is 22.9 Å². The second-order valence-electron chi connectivity index (χ2n) is 4.27. The Hall–Kier alpha value is -1.61. The van der Waals surface area contributed by atoms with Crippen molar-refractivity contribution in [2.75, 3.05) is 13.1 Å². The molecule has 0 atom stereocenters. The Balaban J connectivity index is 1.92. The molecule has 0 aliphatic rings. The van der Waals surface area contributed by atoms with Crippen molar-refractivity contribution >= 4 is 28.6 Å². The lowest BCUT2D eigenvalue weighted by molar-refractivity contribution is 0.0958. The lowest BCUT2D eigenvalue weighted by Gasteiger charge is -2.01. The third kappa shape index (κ3) is 3.94. The van der Waals surface area contributed by atoms with Crippen LogP contribution in [0.5, 0.6) is 0 Å². The standard InChI is InChI=1S/C15H16N2OS2/c1-11-9-14(20-13(11)3-2-6-16)15(18)17-7-4-12-5-8-19-10-12/h5,8-10H,4,6-7,16H2,1H3,(H,17,18). The predicted molar refractivity (Wildman–Crippen MR) is 85.3 cm³/mol. The van der Waals surface area contributed by atoms with Gasteiger partial charge >= 0.3 is 0 Å². The fraction of sp³-hybridized carbons (Fsp3) is 0.267. The van der Waals surface area contributed by atoms with E-state index in [1.807, 2.05) is 18.4 Å². The van der Waals surface area contributed by atoms with Crippen molar-refractivity contribution < 1.29 is 4.79 Å². The predicted octanol–water partition coefficient (Wildman–Crippen LogP) is 2.40. The number of hydrogen-bond donors (Lipinski definition) is 2. The van der Waals surface area contributed by atoms with Gasteiger partial charge in [0.15, 0.2) is 0 Å². The molecule has 0 saturated carbocycles. The number of nitrogens with one attached hydrogen (secondary N) is 1. The largest absolute Gasteiger partial charge is 0.351 e. The molecule has 2 heterocycles. The average molecular weight is 304 g/mol. The van der Waals surface area contributed by atoms with Gasteiger partial charge < -0.3 is 11.1 Å². The third-order valence-electron chi connectivity index (χ3n) is 2.72. The Labute approximate surface area is 126 Å². The van der Waals surface area contributed by atoms with Crippen LogP contribution in [-0.2, 0) is 6.42 Å². The van der Waals surface area contributed by atoms with Crippen molar-refractivity contribution in [3.8, 4) is 11.8 Å². The van der Waals surface area contributed by atoms with E-state index >= 15 is 0 Å². The summed E-state index contributed by atoms with van der Waals surface area (Å²) in [5.74, 6) is 5.78. The van der Waals surface area contributed by atoms with Gasteiger partial charge in [0.2, 0.25) is 0 Å². The van der Waals surface area contributed by atoms with Crippen LogP contribution >= 0.6 is 22.7 Å². The average Bonchev–Trinajstić information content (AvgIpc) is 3.06. The molecule has 0 aromatic carbocycles. The maximum atomic E-state index is 12.0. The quantitative estimate of drug-likeness (QED) is 0.852. The summed E-state index contributed by atoms with van der Waals surface area (Å²) < 4.78 is 0. The molecular weight excluding hydrogens is 288 g/mol. The van der Waals surface area contributed by atoms with Gasteiger partial charge in [-0.15, -0.1) is 11.3 Å². The molecule has 104 valence electrons. The minimum absolute atomic E-state index is 0.0332. The van der Waals surface area contributed by atoms with Gasteiger partial charge in [-0.05, 0) is 47.4 Å². The van der Waals surface area contributed by atoms with Gasteiger partial charge in [-0.3, -0.25) is 4.79 Å². The minimum atomic E-state index is -0.0332. The van der Waals surface area contributed by atoms with Gasteiger partial charge in [-0.2, -0.15) is 11.3 Å². The van der Waals surface area contributed by atoms with E-state index in [-0.39, 0.29) is 5.91 Å². The molecule has 2 aromatic heterocycles. The van der Waals surface area contributed by atoms with E-state index in [4.69, 9.17) is 5.73 Å². The summed E-state index contributed by atoms with van der Waals surface area (Å²) in [5.41, 5.74) is 7.64. The zero-order valence-electron chi connectivity index (χ0n) is 11.2. The van der Waals surface area contributed by atoms with Gasteiger partial charge in [0.25, 0.3) is 5.91 Å². The van der Waals surface area contributed by atoms with Gasteiger partial charge in [-0.1, -0.05) is 11.8 Å². The number of thiophene rings is 2. The SMILES string of the molecule is Cc1cc(C(=O)NCCc2ccsc2)sc1C#CCN. The third-order valence-corrected chi connectivity index (χ3v) is 4.61. The Morgan fingerprint density at radius 1 is 1.50 bits per heavy atom. The topological polar surface area (TPSA) is 55.1 Å². The number of carbonyl (C=O) groups is 1. The summed E-state index contributed by atoms with van der Waals surface area (Å²) in [4.78, 5) is 13.7. The molecule has 0 aliphatic heterocycles.